The third-order valence-corrected chi connectivity index (χ3v) is 2.86. The molecule has 0 aliphatic carbocycles. The first kappa shape index (κ1) is 16.9. The fourth-order valence-corrected chi connectivity index (χ4v) is 1.79. The van der Waals surface area contributed by atoms with Crippen LogP contribution in [-0.4, -0.2) is 25.6 Å². The van der Waals surface area contributed by atoms with Gasteiger partial charge in [0.2, 0.25) is 0 Å². The van der Waals surface area contributed by atoms with Gasteiger partial charge >= 0.3 is 0 Å². The first-order valence-electron chi connectivity index (χ1n) is 6.87. The van der Waals surface area contributed by atoms with Gasteiger partial charge in [-0.2, -0.15) is 5.26 Å². The minimum absolute atomic E-state index is 0.0626. The fraction of sp³-hybridized carbons (Fsp3) is 0.467. The van der Waals surface area contributed by atoms with E-state index in [4.69, 9.17) is 10.00 Å². The van der Waals surface area contributed by atoms with Gasteiger partial charge in [-0.25, -0.2) is 4.39 Å². The molecule has 0 saturated heterocycles. The van der Waals surface area contributed by atoms with Crippen molar-refractivity contribution in [3.8, 4) is 11.8 Å². The second-order valence-electron chi connectivity index (χ2n) is 4.58. The molecule has 0 radical (unpaired) electrons. The van der Waals surface area contributed by atoms with E-state index >= 15 is 0 Å². The van der Waals surface area contributed by atoms with Gasteiger partial charge < -0.3 is 15.4 Å². The second kappa shape index (κ2) is 8.93. The van der Waals surface area contributed by atoms with Gasteiger partial charge in [-0.1, -0.05) is 6.92 Å². The average molecular weight is 293 g/mol. The van der Waals surface area contributed by atoms with Crippen LogP contribution in [0.5, 0.6) is 5.75 Å². The van der Waals surface area contributed by atoms with Gasteiger partial charge in [-0.15, -0.1) is 0 Å². The Balaban J connectivity index is 2.72. The molecular formula is C15H20FN3O2. The lowest BCUT2D eigenvalue weighted by atomic mass is 10.1. The largest absolute Gasteiger partial charge is 0.483 e. The van der Waals surface area contributed by atoms with Crippen molar-refractivity contribution in [3.05, 3.63) is 29.6 Å². The van der Waals surface area contributed by atoms with Gasteiger partial charge in [-0.3, -0.25) is 4.79 Å². The van der Waals surface area contributed by atoms with Crippen molar-refractivity contribution < 1.29 is 13.9 Å². The Morgan fingerprint density at radius 2 is 2.29 bits per heavy atom. The number of ether oxygens (including phenoxy) is 1. The van der Waals surface area contributed by atoms with Crippen LogP contribution in [0.4, 0.5) is 4.39 Å². The Morgan fingerprint density at radius 1 is 1.52 bits per heavy atom. The topological polar surface area (TPSA) is 74.2 Å². The molecule has 1 aromatic carbocycles. The van der Waals surface area contributed by atoms with E-state index in [0.29, 0.717) is 11.3 Å². The third kappa shape index (κ3) is 5.79. The summed E-state index contributed by atoms with van der Waals surface area (Å²) in [6.07, 6.45) is 0.965. The van der Waals surface area contributed by atoms with Gasteiger partial charge in [-0.05, 0) is 38.1 Å². The van der Waals surface area contributed by atoms with Crippen LogP contribution in [0.1, 0.15) is 31.9 Å². The summed E-state index contributed by atoms with van der Waals surface area (Å²) in [6, 6.07) is 5.92. The molecule has 2 N–H and O–H groups in total. The molecule has 1 aromatic rings. The minimum atomic E-state index is -0.388. The summed E-state index contributed by atoms with van der Waals surface area (Å²) in [5.74, 6) is -0.281. The molecule has 0 bridgehead atoms. The molecule has 1 amide bonds. The predicted octanol–water partition coefficient (Wildman–Crippen LogP) is 1.90. The molecule has 6 heteroatoms. The van der Waals surface area contributed by atoms with Crippen LogP contribution in [0.25, 0.3) is 0 Å². The molecular weight excluding hydrogens is 273 g/mol. The summed E-state index contributed by atoms with van der Waals surface area (Å²) < 4.78 is 18.8. The first-order valence-corrected chi connectivity index (χ1v) is 6.87. The van der Waals surface area contributed by atoms with Crippen molar-refractivity contribution in [3.63, 3.8) is 0 Å². The van der Waals surface area contributed by atoms with Crippen molar-refractivity contribution >= 4 is 5.91 Å². The maximum atomic E-state index is 13.4. The van der Waals surface area contributed by atoms with Gasteiger partial charge in [0.15, 0.2) is 6.61 Å². The molecule has 0 saturated carbocycles. The van der Waals surface area contributed by atoms with E-state index in [1.165, 1.54) is 18.2 Å². The molecule has 21 heavy (non-hydrogen) atoms. The normalized spacial score (nSPS) is 11.5. The number of hydrogen-bond acceptors (Lipinski definition) is 4. The van der Waals surface area contributed by atoms with Crippen LogP contribution in [0.2, 0.25) is 0 Å². The molecule has 1 unspecified atom stereocenters. The molecule has 0 fully saturated rings. The van der Waals surface area contributed by atoms with Gasteiger partial charge in [0.05, 0.1) is 6.07 Å². The van der Waals surface area contributed by atoms with Gasteiger partial charge in [0.1, 0.15) is 18.1 Å². The molecule has 114 valence electrons. The summed E-state index contributed by atoms with van der Waals surface area (Å²) in [5.41, 5.74) is 0.663. The zero-order valence-corrected chi connectivity index (χ0v) is 12.3. The number of rotatable bonds is 8. The molecule has 0 heterocycles. The monoisotopic (exact) mass is 293 g/mol. The minimum Gasteiger partial charge on any atom is -0.483 e. The molecule has 0 aromatic heterocycles. The Kier molecular flexibility index (Phi) is 7.19. The van der Waals surface area contributed by atoms with E-state index in [-0.39, 0.29) is 30.9 Å². The second-order valence-corrected chi connectivity index (χ2v) is 4.58. The quantitative estimate of drug-likeness (QED) is 0.718. The first-order chi connectivity index (χ1) is 10.1. The number of hydrogen-bond donors (Lipinski definition) is 2. The Labute approximate surface area is 124 Å². The van der Waals surface area contributed by atoms with Crippen molar-refractivity contribution in [2.45, 2.75) is 26.3 Å². The van der Waals surface area contributed by atoms with E-state index in [1.54, 1.807) is 0 Å². The molecule has 0 aliphatic heterocycles. The lowest BCUT2D eigenvalue weighted by Crippen LogP contribution is -2.29. The molecule has 0 aliphatic rings. The molecule has 1 rings (SSSR count). The summed E-state index contributed by atoms with van der Waals surface area (Å²) in [4.78, 5) is 11.4. The van der Waals surface area contributed by atoms with E-state index in [2.05, 4.69) is 10.6 Å². The summed E-state index contributed by atoms with van der Waals surface area (Å²) in [5, 5.41) is 14.0. The van der Waals surface area contributed by atoms with E-state index in [1.807, 2.05) is 19.9 Å². The van der Waals surface area contributed by atoms with Crippen LogP contribution in [0.3, 0.4) is 0 Å². The van der Waals surface area contributed by atoms with Crippen LogP contribution in [-0.2, 0) is 4.79 Å². The van der Waals surface area contributed by atoms with Crippen molar-refractivity contribution in [1.29, 1.82) is 5.26 Å². The number of amides is 1. The predicted molar refractivity (Wildman–Crippen MR) is 77.2 cm³/mol. The van der Waals surface area contributed by atoms with E-state index in [9.17, 15) is 9.18 Å². The van der Waals surface area contributed by atoms with Crippen LogP contribution in [0, 0.1) is 17.1 Å². The van der Waals surface area contributed by atoms with Gasteiger partial charge in [0.25, 0.3) is 5.91 Å². The summed E-state index contributed by atoms with van der Waals surface area (Å²) in [7, 11) is 0. The van der Waals surface area contributed by atoms with Crippen LogP contribution >= 0.6 is 0 Å². The van der Waals surface area contributed by atoms with Crippen molar-refractivity contribution in [2.75, 3.05) is 19.7 Å². The maximum Gasteiger partial charge on any atom is 0.258 e. The van der Waals surface area contributed by atoms with Crippen molar-refractivity contribution in [2.24, 2.45) is 0 Å². The summed E-state index contributed by atoms with van der Waals surface area (Å²) >= 11 is 0. The number of benzene rings is 1. The van der Waals surface area contributed by atoms with Gasteiger partial charge in [0, 0.05) is 11.6 Å². The number of nitrogens with zero attached hydrogens (tertiary/aromatic N) is 1. The number of carbonyl (C=O) groups is 1. The number of nitriles is 1. The zero-order chi connectivity index (χ0) is 15.7. The Bertz CT molecular complexity index is 514. The lowest BCUT2D eigenvalue weighted by Gasteiger charge is -2.18. The Hall–Kier alpha value is -2.13. The van der Waals surface area contributed by atoms with Crippen LogP contribution in [0.15, 0.2) is 18.2 Å². The van der Waals surface area contributed by atoms with E-state index in [0.717, 1.165) is 13.0 Å². The lowest BCUT2D eigenvalue weighted by molar-refractivity contribution is -0.122. The number of carbonyl (C=O) groups excluding carboxylic acids is 1. The summed E-state index contributed by atoms with van der Waals surface area (Å²) in [6.45, 7) is 4.49. The highest BCUT2D eigenvalue weighted by atomic mass is 19.1. The fourth-order valence-electron chi connectivity index (χ4n) is 1.79. The highest BCUT2D eigenvalue weighted by molar-refractivity contribution is 5.77. The SMILES string of the molecule is CCCNC(C)c1cc(F)ccc1OCC(=O)NCC#N. The molecule has 0 spiro atoms. The van der Waals surface area contributed by atoms with Crippen molar-refractivity contribution in [1.82, 2.24) is 10.6 Å². The van der Waals surface area contributed by atoms with E-state index < -0.39 is 0 Å². The third-order valence-electron chi connectivity index (χ3n) is 2.86. The Morgan fingerprint density at radius 3 is 2.95 bits per heavy atom. The molecule has 5 nitrogen and oxygen atoms in total. The zero-order valence-electron chi connectivity index (χ0n) is 12.3. The number of halogens is 1. The smallest absolute Gasteiger partial charge is 0.258 e. The van der Waals surface area contributed by atoms with Crippen LogP contribution < -0.4 is 15.4 Å². The maximum absolute atomic E-state index is 13.4. The highest BCUT2D eigenvalue weighted by Gasteiger charge is 2.13. The highest BCUT2D eigenvalue weighted by Crippen LogP contribution is 2.26. The standard InChI is InChI=1S/C15H20FN3O2/c1-3-7-18-11(2)13-9-12(16)4-5-14(13)21-10-15(20)19-8-6-17/h4-5,9,11,18H,3,7-8,10H2,1-2H3,(H,19,20). The average Bonchev–Trinajstić information content (AvgIpc) is 2.49. The molecule has 1 atom stereocenters. The number of nitrogens with one attached hydrogen (secondary N) is 2.